The Labute approximate surface area is 72.5 Å². The van der Waals surface area contributed by atoms with Crippen molar-refractivity contribution >= 4 is 5.90 Å². The molecule has 4 nitrogen and oxygen atoms in total. The van der Waals surface area contributed by atoms with E-state index in [9.17, 15) is 0 Å². The number of hydrogen-bond donors (Lipinski definition) is 2. The molecule has 4 heteroatoms. The van der Waals surface area contributed by atoms with Crippen LogP contribution in [0.2, 0.25) is 0 Å². The molecule has 0 unspecified atom stereocenters. The zero-order valence-electron chi connectivity index (χ0n) is 7.50. The number of nitrogens with one attached hydrogen (secondary N) is 1. The van der Waals surface area contributed by atoms with Crippen molar-refractivity contribution in [3.8, 4) is 0 Å². The summed E-state index contributed by atoms with van der Waals surface area (Å²) in [5, 5.41) is 3.10. The van der Waals surface area contributed by atoms with Gasteiger partial charge in [-0.05, 0) is 14.0 Å². The lowest BCUT2D eigenvalue weighted by molar-refractivity contribution is 0.243. The molecule has 0 saturated carbocycles. The molecular weight excluding hydrogens is 154 g/mol. The molecule has 0 aliphatic carbocycles. The van der Waals surface area contributed by atoms with Crippen LogP contribution < -0.4 is 11.1 Å². The highest BCUT2D eigenvalue weighted by molar-refractivity contribution is 5.93. The van der Waals surface area contributed by atoms with E-state index in [4.69, 9.17) is 10.5 Å². The zero-order valence-corrected chi connectivity index (χ0v) is 7.50. The molecule has 1 aliphatic rings. The van der Waals surface area contributed by atoms with Gasteiger partial charge in [-0.3, -0.25) is 0 Å². The van der Waals surface area contributed by atoms with Gasteiger partial charge < -0.3 is 15.8 Å². The molecule has 0 spiro atoms. The highest BCUT2D eigenvalue weighted by Gasteiger charge is 2.15. The van der Waals surface area contributed by atoms with Gasteiger partial charge in [0.05, 0.1) is 12.6 Å². The van der Waals surface area contributed by atoms with Crippen LogP contribution in [0.3, 0.4) is 0 Å². The Morgan fingerprint density at radius 3 is 3.00 bits per heavy atom. The minimum Gasteiger partial charge on any atom is -0.476 e. The first-order chi connectivity index (χ1) is 5.77. The summed E-state index contributed by atoms with van der Waals surface area (Å²) in [5.41, 5.74) is 6.22. The molecule has 1 rings (SSSR count). The Morgan fingerprint density at radius 1 is 1.83 bits per heavy atom. The monoisotopic (exact) mass is 169 g/mol. The lowest BCUT2D eigenvalue weighted by Gasteiger charge is -2.21. The van der Waals surface area contributed by atoms with Crippen LogP contribution in [0.4, 0.5) is 0 Å². The average molecular weight is 169 g/mol. The smallest absolute Gasteiger partial charge is 0.213 e. The largest absolute Gasteiger partial charge is 0.476 e. The molecule has 68 valence electrons. The lowest BCUT2D eigenvalue weighted by atomic mass is 10.2. The summed E-state index contributed by atoms with van der Waals surface area (Å²) in [4.78, 5) is 4.24. The number of nitrogens with two attached hydrogens (primary N) is 1. The minimum atomic E-state index is 0.333. The summed E-state index contributed by atoms with van der Waals surface area (Å²) in [6, 6.07) is 0.333. The van der Waals surface area contributed by atoms with Crippen LogP contribution in [0.15, 0.2) is 16.8 Å². The number of ether oxygens (including phenoxy) is 1. The van der Waals surface area contributed by atoms with E-state index < -0.39 is 0 Å². The standard InChI is InChI=1S/C8H15N3O/c1-6(3-9)8-11-4-7(10-2)5-12-8/h3,7,10H,4-5,9H2,1-2H3/t7-/m1/s1. The maximum Gasteiger partial charge on any atom is 0.213 e. The van der Waals surface area contributed by atoms with Gasteiger partial charge >= 0.3 is 0 Å². The summed E-state index contributed by atoms with van der Waals surface area (Å²) in [6.45, 7) is 3.32. The Balaban J connectivity index is 2.56. The molecule has 0 amide bonds. The molecule has 0 fully saturated rings. The first kappa shape index (κ1) is 9.06. The summed E-state index contributed by atoms with van der Waals surface area (Å²) in [7, 11) is 1.90. The third-order valence-electron chi connectivity index (χ3n) is 1.87. The van der Waals surface area contributed by atoms with Crippen molar-refractivity contribution in [3.05, 3.63) is 11.8 Å². The Bertz CT molecular complexity index is 210. The fraction of sp³-hybridized carbons (Fsp3) is 0.625. The van der Waals surface area contributed by atoms with Gasteiger partial charge in [0, 0.05) is 11.8 Å². The van der Waals surface area contributed by atoms with Crippen LogP contribution in [0, 0.1) is 0 Å². The first-order valence-corrected chi connectivity index (χ1v) is 4.01. The van der Waals surface area contributed by atoms with Crippen molar-refractivity contribution in [2.24, 2.45) is 10.7 Å². The number of aliphatic imine (C=N–C) groups is 1. The summed E-state index contributed by atoms with van der Waals surface area (Å²) < 4.78 is 5.37. The molecular formula is C8H15N3O. The highest BCUT2D eigenvalue weighted by atomic mass is 16.5. The molecule has 0 saturated heterocycles. The van der Waals surface area contributed by atoms with Crippen LogP contribution in [-0.2, 0) is 4.74 Å². The van der Waals surface area contributed by atoms with Crippen molar-refractivity contribution in [2.75, 3.05) is 20.2 Å². The van der Waals surface area contributed by atoms with E-state index in [0.29, 0.717) is 18.5 Å². The quantitative estimate of drug-likeness (QED) is 0.605. The van der Waals surface area contributed by atoms with E-state index in [1.807, 2.05) is 14.0 Å². The van der Waals surface area contributed by atoms with Crippen LogP contribution in [-0.4, -0.2) is 32.1 Å². The molecule has 1 aliphatic heterocycles. The van der Waals surface area contributed by atoms with E-state index in [0.717, 1.165) is 12.1 Å². The van der Waals surface area contributed by atoms with E-state index in [2.05, 4.69) is 10.3 Å². The lowest BCUT2D eigenvalue weighted by Crippen LogP contribution is -2.38. The fourth-order valence-electron chi connectivity index (χ4n) is 0.955. The number of hydrogen-bond acceptors (Lipinski definition) is 4. The molecule has 0 aromatic carbocycles. The van der Waals surface area contributed by atoms with Gasteiger partial charge in [0.2, 0.25) is 5.90 Å². The Morgan fingerprint density at radius 2 is 2.58 bits per heavy atom. The maximum atomic E-state index is 5.37. The number of nitrogens with zero attached hydrogens (tertiary/aromatic N) is 1. The normalized spacial score (nSPS) is 24.7. The SMILES string of the molecule is CN[C@@H]1CN=C(C(C)=CN)OC1. The van der Waals surface area contributed by atoms with E-state index in [-0.39, 0.29) is 0 Å². The topological polar surface area (TPSA) is 59.6 Å². The fourth-order valence-corrected chi connectivity index (χ4v) is 0.955. The first-order valence-electron chi connectivity index (χ1n) is 4.01. The van der Waals surface area contributed by atoms with E-state index >= 15 is 0 Å². The molecule has 1 atom stereocenters. The van der Waals surface area contributed by atoms with Crippen LogP contribution in [0.1, 0.15) is 6.92 Å². The van der Waals surface area contributed by atoms with Gasteiger partial charge in [-0.25, -0.2) is 4.99 Å². The highest BCUT2D eigenvalue weighted by Crippen LogP contribution is 2.04. The third-order valence-corrected chi connectivity index (χ3v) is 1.87. The Kier molecular flexibility index (Phi) is 3.10. The van der Waals surface area contributed by atoms with Crippen LogP contribution in [0.25, 0.3) is 0 Å². The van der Waals surface area contributed by atoms with E-state index in [1.165, 1.54) is 6.20 Å². The molecule has 0 aromatic rings. The third kappa shape index (κ3) is 1.98. The average Bonchev–Trinajstić information content (AvgIpc) is 2.17. The molecule has 0 bridgehead atoms. The maximum absolute atomic E-state index is 5.37. The molecule has 12 heavy (non-hydrogen) atoms. The predicted octanol–water partition coefficient (Wildman–Crippen LogP) is -0.134. The van der Waals surface area contributed by atoms with Gasteiger partial charge in [0.1, 0.15) is 6.61 Å². The zero-order chi connectivity index (χ0) is 8.97. The van der Waals surface area contributed by atoms with Crippen molar-refractivity contribution in [2.45, 2.75) is 13.0 Å². The second-order valence-corrected chi connectivity index (χ2v) is 2.79. The molecule has 0 radical (unpaired) electrons. The number of likely N-dealkylation sites (N-methyl/N-ethyl adjacent to an activating group) is 1. The summed E-state index contributed by atoms with van der Waals surface area (Å²) in [6.07, 6.45) is 1.51. The second kappa shape index (κ2) is 4.11. The Hall–Kier alpha value is -1.03. The van der Waals surface area contributed by atoms with Crippen molar-refractivity contribution < 1.29 is 4.74 Å². The van der Waals surface area contributed by atoms with E-state index in [1.54, 1.807) is 0 Å². The molecule has 0 aromatic heterocycles. The summed E-state index contributed by atoms with van der Waals surface area (Å²) >= 11 is 0. The van der Waals surface area contributed by atoms with Crippen molar-refractivity contribution in [3.63, 3.8) is 0 Å². The van der Waals surface area contributed by atoms with Gasteiger partial charge in [-0.1, -0.05) is 0 Å². The van der Waals surface area contributed by atoms with Gasteiger partial charge in [-0.15, -0.1) is 0 Å². The van der Waals surface area contributed by atoms with Crippen molar-refractivity contribution in [1.29, 1.82) is 0 Å². The van der Waals surface area contributed by atoms with Gasteiger partial charge in [-0.2, -0.15) is 0 Å². The van der Waals surface area contributed by atoms with Crippen molar-refractivity contribution in [1.82, 2.24) is 5.32 Å². The molecule has 1 heterocycles. The molecule has 3 N–H and O–H groups in total. The predicted molar refractivity (Wildman–Crippen MR) is 49.0 cm³/mol. The minimum absolute atomic E-state index is 0.333. The summed E-state index contributed by atoms with van der Waals surface area (Å²) in [5.74, 6) is 0.670. The second-order valence-electron chi connectivity index (χ2n) is 2.79. The van der Waals surface area contributed by atoms with Gasteiger partial charge in [0.15, 0.2) is 0 Å². The van der Waals surface area contributed by atoms with Gasteiger partial charge in [0.25, 0.3) is 0 Å². The number of rotatable bonds is 2. The van der Waals surface area contributed by atoms with Crippen LogP contribution >= 0.6 is 0 Å². The van der Waals surface area contributed by atoms with Crippen LogP contribution in [0.5, 0.6) is 0 Å².